The second-order valence-electron chi connectivity index (χ2n) is 20.6. The molecule has 0 saturated heterocycles. The zero-order valence-corrected chi connectivity index (χ0v) is 49.0. The van der Waals surface area contributed by atoms with Crippen molar-refractivity contribution in [1.29, 1.82) is 0 Å². The minimum atomic E-state index is -0.795. The molecule has 1 unspecified atom stereocenters. The molecule has 0 fully saturated rings. The topological polar surface area (TPSA) is 78.9 Å². The molecule has 0 heterocycles. The SMILES string of the molecule is CC/C=C\C/C=C\C/C=C\C/C=C\C/C=C\C/C=C\C/C=C\CCCCCC(=O)OCC(COC(=O)CCCCCCCCCCCCCCC)OC(=O)CCCCCCCCCCC/C=C\C/C=C\CCCCC. The Balaban J connectivity index is 4.42. The van der Waals surface area contributed by atoms with Gasteiger partial charge in [-0.1, -0.05) is 271 Å². The van der Waals surface area contributed by atoms with Crippen LogP contribution in [0.4, 0.5) is 0 Å². The van der Waals surface area contributed by atoms with E-state index < -0.39 is 6.10 Å². The third kappa shape index (κ3) is 60.8. The molecule has 0 bridgehead atoms. The van der Waals surface area contributed by atoms with Gasteiger partial charge in [-0.3, -0.25) is 14.4 Å². The van der Waals surface area contributed by atoms with Gasteiger partial charge in [0.15, 0.2) is 6.10 Å². The summed E-state index contributed by atoms with van der Waals surface area (Å²) < 4.78 is 16.9. The van der Waals surface area contributed by atoms with Crippen molar-refractivity contribution in [3.63, 3.8) is 0 Å². The summed E-state index contributed by atoms with van der Waals surface area (Å²) in [7, 11) is 0. The number of esters is 3. The summed E-state index contributed by atoms with van der Waals surface area (Å²) in [5.41, 5.74) is 0. The lowest BCUT2D eigenvalue weighted by Crippen LogP contribution is -2.30. The van der Waals surface area contributed by atoms with E-state index in [-0.39, 0.29) is 31.1 Å². The average molecular weight is 1040 g/mol. The zero-order chi connectivity index (χ0) is 54.3. The number of hydrogen-bond donors (Lipinski definition) is 0. The van der Waals surface area contributed by atoms with E-state index in [1.807, 2.05) is 0 Å². The fraction of sp³-hybridized carbons (Fsp3) is 0.696. The van der Waals surface area contributed by atoms with Crippen LogP contribution in [0.15, 0.2) is 109 Å². The first-order chi connectivity index (χ1) is 37.0. The van der Waals surface area contributed by atoms with Gasteiger partial charge >= 0.3 is 17.9 Å². The van der Waals surface area contributed by atoms with Crippen LogP contribution < -0.4 is 0 Å². The summed E-state index contributed by atoms with van der Waals surface area (Å²) in [5, 5.41) is 0. The van der Waals surface area contributed by atoms with E-state index in [1.54, 1.807) is 0 Å². The normalized spacial score (nSPS) is 12.8. The van der Waals surface area contributed by atoms with Crippen LogP contribution in [-0.4, -0.2) is 37.2 Å². The second-order valence-corrected chi connectivity index (χ2v) is 20.6. The number of rotatable bonds is 56. The third-order valence-electron chi connectivity index (χ3n) is 13.3. The van der Waals surface area contributed by atoms with Gasteiger partial charge in [0.25, 0.3) is 0 Å². The number of hydrogen-bond acceptors (Lipinski definition) is 6. The quantitative estimate of drug-likeness (QED) is 0.0261. The van der Waals surface area contributed by atoms with Gasteiger partial charge in [0, 0.05) is 19.3 Å². The molecule has 0 aromatic rings. The Morgan fingerprint density at radius 1 is 0.280 bits per heavy atom. The fourth-order valence-electron chi connectivity index (χ4n) is 8.57. The van der Waals surface area contributed by atoms with Crippen LogP contribution in [0.1, 0.15) is 290 Å². The summed E-state index contributed by atoms with van der Waals surface area (Å²) >= 11 is 0. The number of carbonyl (C=O) groups excluding carboxylic acids is 3. The van der Waals surface area contributed by atoms with Gasteiger partial charge in [0.2, 0.25) is 0 Å². The summed E-state index contributed by atoms with van der Waals surface area (Å²) in [6.07, 6.45) is 85.1. The summed E-state index contributed by atoms with van der Waals surface area (Å²) in [5.74, 6) is -0.921. The monoisotopic (exact) mass is 1040 g/mol. The molecule has 75 heavy (non-hydrogen) atoms. The number of allylic oxidation sites excluding steroid dienone is 18. The lowest BCUT2D eigenvalue weighted by Gasteiger charge is -2.18. The smallest absolute Gasteiger partial charge is 0.306 e. The van der Waals surface area contributed by atoms with Crippen LogP contribution in [0.5, 0.6) is 0 Å². The van der Waals surface area contributed by atoms with Crippen LogP contribution in [0.25, 0.3) is 0 Å². The maximum atomic E-state index is 12.9. The predicted molar refractivity (Wildman–Crippen MR) is 325 cm³/mol. The van der Waals surface area contributed by atoms with Gasteiger partial charge in [0.05, 0.1) is 0 Å². The fourth-order valence-corrected chi connectivity index (χ4v) is 8.57. The summed E-state index contributed by atoms with van der Waals surface area (Å²) in [6, 6.07) is 0. The van der Waals surface area contributed by atoms with Crippen molar-refractivity contribution in [3.05, 3.63) is 109 Å². The van der Waals surface area contributed by atoms with E-state index in [4.69, 9.17) is 14.2 Å². The Bertz CT molecular complexity index is 1520. The molecular weight excluding hydrogens is 925 g/mol. The molecule has 0 aromatic heterocycles. The molecular formula is C69H116O6. The Kier molecular flexibility index (Phi) is 59.3. The Labute approximate surface area is 463 Å². The van der Waals surface area contributed by atoms with E-state index in [2.05, 4.69) is 130 Å². The van der Waals surface area contributed by atoms with Crippen molar-refractivity contribution in [2.24, 2.45) is 0 Å². The van der Waals surface area contributed by atoms with Crippen LogP contribution in [-0.2, 0) is 28.6 Å². The minimum absolute atomic E-state index is 0.0893. The molecule has 0 aliphatic heterocycles. The summed E-state index contributed by atoms with van der Waals surface area (Å²) in [6.45, 7) is 6.49. The van der Waals surface area contributed by atoms with Gasteiger partial charge < -0.3 is 14.2 Å². The first-order valence-electron chi connectivity index (χ1n) is 31.4. The van der Waals surface area contributed by atoms with E-state index in [9.17, 15) is 14.4 Å². The highest BCUT2D eigenvalue weighted by atomic mass is 16.6. The van der Waals surface area contributed by atoms with Crippen molar-refractivity contribution in [2.75, 3.05) is 13.2 Å². The van der Waals surface area contributed by atoms with Gasteiger partial charge in [-0.25, -0.2) is 0 Å². The van der Waals surface area contributed by atoms with Crippen molar-refractivity contribution >= 4 is 17.9 Å². The molecule has 0 aromatic carbocycles. The first-order valence-corrected chi connectivity index (χ1v) is 31.4. The average Bonchev–Trinajstić information content (AvgIpc) is 3.41. The first kappa shape index (κ1) is 71.1. The van der Waals surface area contributed by atoms with Crippen molar-refractivity contribution in [1.82, 2.24) is 0 Å². The molecule has 6 nitrogen and oxygen atoms in total. The Hall–Kier alpha value is -3.93. The largest absolute Gasteiger partial charge is 0.462 e. The van der Waals surface area contributed by atoms with Crippen molar-refractivity contribution in [3.8, 4) is 0 Å². The van der Waals surface area contributed by atoms with Gasteiger partial charge in [-0.05, 0) is 109 Å². The maximum Gasteiger partial charge on any atom is 0.306 e. The summed E-state index contributed by atoms with van der Waals surface area (Å²) in [4.78, 5) is 38.3. The molecule has 1 atom stereocenters. The van der Waals surface area contributed by atoms with E-state index in [0.29, 0.717) is 19.3 Å². The van der Waals surface area contributed by atoms with Crippen LogP contribution >= 0.6 is 0 Å². The minimum Gasteiger partial charge on any atom is -0.462 e. The Morgan fingerprint density at radius 2 is 0.520 bits per heavy atom. The van der Waals surface area contributed by atoms with Gasteiger partial charge in [0.1, 0.15) is 13.2 Å². The van der Waals surface area contributed by atoms with Crippen molar-refractivity contribution in [2.45, 2.75) is 297 Å². The standard InChI is InChI=1S/C69H116O6/c1-4-7-10-13-16-19-22-25-27-29-31-32-33-34-35-36-38-39-41-44-47-50-53-56-59-62-68(71)74-65-66(64-73-67(70)61-58-55-52-49-46-43-24-21-18-15-12-9-6-3)75-69(72)63-60-57-54-51-48-45-42-40-37-30-28-26-23-20-17-14-11-8-5-2/h7,10,16-17,19-20,25-28,31-32,34-35,38-39,44,47,66H,4-6,8-9,11-15,18,21-24,29-30,33,36-37,40-43,45-46,48-65H2,1-3H3/b10-7-,19-16-,20-17-,27-25-,28-26-,32-31-,35-34-,39-38-,47-44-. The zero-order valence-electron chi connectivity index (χ0n) is 49.0. The number of unbranched alkanes of at least 4 members (excludes halogenated alkanes) is 27. The Morgan fingerprint density at radius 3 is 0.853 bits per heavy atom. The van der Waals surface area contributed by atoms with Gasteiger partial charge in [-0.15, -0.1) is 0 Å². The number of carbonyl (C=O) groups is 3. The molecule has 6 heteroatoms. The highest BCUT2D eigenvalue weighted by Gasteiger charge is 2.19. The molecule has 0 rings (SSSR count). The molecule has 0 N–H and O–H groups in total. The highest BCUT2D eigenvalue weighted by molar-refractivity contribution is 5.71. The van der Waals surface area contributed by atoms with Gasteiger partial charge in [-0.2, -0.15) is 0 Å². The second kappa shape index (κ2) is 62.6. The van der Waals surface area contributed by atoms with Crippen molar-refractivity contribution < 1.29 is 28.6 Å². The van der Waals surface area contributed by atoms with E-state index in [1.165, 1.54) is 135 Å². The molecule has 0 aliphatic carbocycles. The van der Waals surface area contributed by atoms with E-state index in [0.717, 1.165) is 116 Å². The molecule has 428 valence electrons. The third-order valence-corrected chi connectivity index (χ3v) is 13.3. The number of ether oxygens (including phenoxy) is 3. The lowest BCUT2D eigenvalue weighted by atomic mass is 10.0. The van der Waals surface area contributed by atoms with Crippen LogP contribution in [0.2, 0.25) is 0 Å². The molecule has 0 spiro atoms. The predicted octanol–water partition coefficient (Wildman–Crippen LogP) is 21.4. The molecule has 0 aliphatic rings. The maximum absolute atomic E-state index is 12.9. The van der Waals surface area contributed by atoms with E-state index >= 15 is 0 Å². The van der Waals surface area contributed by atoms with Crippen LogP contribution in [0, 0.1) is 0 Å². The van der Waals surface area contributed by atoms with Crippen LogP contribution in [0.3, 0.4) is 0 Å². The molecule has 0 radical (unpaired) electrons. The highest BCUT2D eigenvalue weighted by Crippen LogP contribution is 2.16. The molecule has 0 saturated carbocycles. The lowest BCUT2D eigenvalue weighted by molar-refractivity contribution is -0.167. The molecule has 0 amide bonds.